The molecule has 0 aliphatic carbocycles. The number of phenolic OH excluding ortho intramolecular Hbond substituents is 1. The van der Waals surface area contributed by atoms with Gasteiger partial charge >= 0.3 is 0 Å². The third-order valence-corrected chi connectivity index (χ3v) is 6.51. The number of nitrogens with zero attached hydrogens (tertiary/aromatic N) is 2. The molecule has 7 heteroatoms. The van der Waals surface area contributed by atoms with E-state index in [1.54, 1.807) is 24.6 Å². The lowest BCUT2D eigenvalue weighted by atomic mass is 10.1. The lowest BCUT2D eigenvalue weighted by molar-refractivity contribution is 0.475. The van der Waals surface area contributed by atoms with Gasteiger partial charge in [0.25, 0.3) is 0 Å². The molecule has 0 fully saturated rings. The minimum Gasteiger partial charge on any atom is -0.508 e. The zero-order valence-corrected chi connectivity index (χ0v) is 17.9. The first kappa shape index (κ1) is 19.4. The smallest absolute Gasteiger partial charge is 0.118 e. The Morgan fingerprint density at radius 2 is 1.83 bits per heavy atom. The van der Waals surface area contributed by atoms with E-state index in [4.69, 9.17) is 0 Å². The fraction of sp³-hybridized carbons (Fsp3) is 0.0455. The van der Waals surface area contributed by atoms with Gasteiger partial charge in [-0.3, -0.25) is 4.98 Å². The van der Waals surface area contributed by atoms with Crippen molar-refractivity contribution in [1.82, 2.24) is 4.98 Å². The molecule has 4 aromatic rings. The second-order valence-corrected chi connectivity index (χ2v) is 9.76. The van der Waals surface area contributed by atoms with E-state index in [-0.39, 0.29) is 5.75 Å². The molecular formula is C22H18BrN3O2S. The van der Waals surface area contributed by atoms with Crippen LogP contribution in [0.3, 0.4) is 0 Å². The molecule has 0 radical (unpaired) electrons. The highest BCUT2D eigenvalue weighted by Crippen LogP contribution is 2.32. The highest BCUT2D eigenvalue weighted by Gasteiger charge is 2.09. The number of halogens is 1. The van der Waals surface area contributed by atoms with E-state index in [0.717, 1.165) is 26.8 Å². The average Bonchev–Trinajstić information content (AvgIpc) is 2.68. The number of aromatic hydroxyl groups is 1. The van der Waals surface area contributed by atoms with Crippen molar-refractivity contribution in [2.45, 2.75) is 4.90 Å². The molecule has 0 bridgehead atoms. The van der Waals surface area contributed by atoms with E-state index >= 15 is 0 Å². The Bertz CT molecular complexity index is 1300. The summed E-state index contributed by atoms with van der Waals surface area (Å²) in [5.74, 6) is 0.157. The van der Waals surface area contributed by atoms with Gasteiger partial charge in [-0.1, -0.05) is 34.1 Å². The maximum Gasteiger partial charge on any atom is 0.118 e. The van der Waals surface area contributed by atoms with E-state index in [0.29, 0.717) is 10.6 Å². The molecule has 0 spiro atoms. The van der Waals surface area contributed by atoms with Crippen LogP contribution < -0.4 is 5.32 Å². The van der Waals surface area contributed by atoms with Crippen LogP contribution in [0.25, 0.3) is 10.9 Å². The Morgan fingerprint density at radius 3 is 2.59 bits per heavy atom. The molecule has 146 valence electrons. The fourth-order valence-corrected chi connectivity index (χ4v) is 4.79. The van der Waals surface area contributed by atoms with Crippen molar-refractivity contribution >= 4 is 53.6 Å². The third-order valence-electron chi connectivity index (χ3n) is 4.35. The number of pyridine rings is 1. The highest BCUT2D eigenvalue weighted by molar-refractivity contribution is 9.10. The number of benzene rings is 3. The predicted octanol–water partition coefficient (Wildman–Crippen LogP) is 6.23. The molecule has 0 saturated carbocycles. The van der Waals surface area contributed by atoms with Crippen molar-refractivity contribution in [3.63, 3.8) is 0 Å². The number of anilines is 2. The Labute approximate surface area is 177 Å². The molecule has 0 aliphatic heterocycles. The Hall–Kier alpha value is -2.90. The lowest BCUT2D eigenvalue weighted by Crippen LogP contribution is -1.96. The summed E-state index contributed by atoms with van der Waals surface area (Å²) in [4.78, 5) is 5.09. The first-order valence-corrected chi connectivity index (χ1v) is 11.5. The second kappa shape index (κ2) is 7.85. The second-order valence-electron chi connectivity index (χ2n) is 6.59. The van der Waals surface area contributed by atoms with Crippen molar-refractivity contribution < 1.29 is 9.32 Å². The summed E-state index contributed by atoms with van der Waals surface area (Å²) in [5.41, 5.74) is 2.94. The molecule has 1 atom stereocenters. The molecule has 0 saturated heterocycles. The Kier molecular flexibility index (Phi) is 5.25. The SMILES string of the molecule is CS(=O)(=Nc1ccc2nccc(Nc3cc(O)cc(Br)c3)c2c1)c1ccccc1. The zero-order chi connectivity index (χ0) is 20.4. The maximum absolute atomic E-state index is 13.1. The number of fused-ring (bicyclic) bond motifs is 1. The quantitative estimate of drug-likeness (QED) is 0.372. The summed E-state index contributed by atoms with van der Waals surface area (Å²) in [6.07, 6.45) is 3.35. The first-order chi connectivity index (χ1) is 13.9. The van der Waals surface area contributed by atoms with Gasteiger partial charge in [-0.15, -0.1) is 0 Å². The lowest BCUT2D eigenvalue weighted by Gasteiger charge is -2.11. The highest BCUT2D eigenvalue weighted by atomic mass is 79.9. The van der Waals surface area contributed by atoms with Crippen LogP contribution in [0.5, 0.6) is 5.75 Å². The Balaban J connectivity index is 1.78. The molecule has 0 aliphatic rings. The van der Waals surface area contributed by atoms with Crippen LogP contribution in [0.1, 0.15) is 0 Å². The molecular weight excluding hydrogens is 450 g/mol. The molecule has 0 amide bonds. The molecule has 1 unspecified atom stereocenters. The predicted molar refractivity (Wildman–Crippen MR) is 122 cm³/mol. The number of rotatable bonds is 4. The molecule has 3 aromatic carbocycles. The van der Waals surface area contributed by atoms with Crippen LogP contribution in [-0.2, 0) is 9.73 Å². The van der Waals surface area contributed by atoms with Gasteiger partial charge in [0.1, 0.15) is 5.75 Å². The van der Waals surface area contributed by atoms with Crippen LogP contribution in [-0.4, -0.2) is 20.6 Å². The minimum absolute atomic E-state index is 0.157. The van der Waals surface area contributed by atoms with Crippen molar-refractivity contribution in [3.05, 3.63) is 83.5 Å². The molecule has 5 nitrogen and oxygen atoms in total. The van der Waals surface area contributed by atoms with Crippen molar-refractivity contribution in [2.24, 2.45) is 4.36 Å². The topological polar surface area (TPSA) is 74.6 Å². The summed E-state index contributed by atoms with van der Waals surface area (Å²) in [6.45, 7) is 0. The average molecular weight is 468 g/mol. The van der Waals surface area contributed by atoms with E-state index < -0.39 is 9.73 Å². The molecule has 4 rings (SSSR count). The van der Waals surface area contributed by atoms with Crippen molar-refractivity contribution in [1.29, 1.82) is 0 Å². The summed E-state index contributed by atoms with van der Waals surface area (Å²) in [5, 5.41) is 14.0. The minimum atomic E-state index is -2.57. The number of hydrogen-bond acceptors (Lipinski definition) is 5. The summed E-state index contributed by atoms with van der Waals surface area (Å²) in [7, 11) is -2.57. The summed E-state index contributed by atoms with van der Waals surface area (Å²) < 4.78 is 18.4. The van der Waals surface area contributed by atoms with E-state index in [9.17, 15) is 9.32 Å². The van der Waals surface area contributed by atoms with Gasteiger partial charge in [-0.2, -0.15) is 4.36 Å². The number of nitrogens with one attached hydrogen (secondary N) is 1. The largest absolute Gasteiger partial charge is 0.508 e. The van der Waals surface area contributed by atoms with Crippen LogP contribution >= 0.6 is 15.9 Å². The van der Waals surface area contributed by atoms with Gasteiger partial charge in [-0.25, -0.2) is 4.21 Å². The summed E-state index contributed by atoms with van der Waals surface area (Å²) >= 11 is 3.38. The summed E-state index contributed by atoms with van der Waals surface area (Å²) in [6, 6.07) is 21.8. The molecule has 1 heterocycles. The van der Waals surface area contributed by atoms with Crippen LogP contribution in [0.15, 0.2) is 92.7 Å². The van der Waals surface area contributed by atoms with Crippen molar-refractivity contribution in [3.8, 4) is 5.75 Å². The molecule has 2 N–H and O–H groups in total. The molecule has 1 aromatic heterocycles. The Morgan fingerprint density at radius 1 is 1.03 bits per heavy atom. The van der Waals surface area contributed by atoms with Gasteiger partial charge in [0, 0.05) is 44.6 Å². The fourth-order valence-electron chi connectivity index (χ4n) is 3.03. The standard InChI is InChI=1S/C22H18BrN3O2S/c1-29(28,19-5-3-2-4-6-19)26-16-7-8-21-20(14-16)22(9-10-24-21)25-17-11-15(23)12-18(27)13-17/h2-14,27H,1H3,(H,24,25). The van der Waals surface area contributed by atoms with E-state index in [1.165, 1.54) is 0 Å². The van der Waals surface area contributed by atoms with Crippen LogP contribution in [0, 0.1) is 0 Å². The van der Waals surface area contributed by atoms with Gasteiger partial charge < -0.3 is 10.4 Å². The molecule has 29 heavy (non-hydrogen) atoms. The zero-order valence-electron chi connectivity index (χ0n) is 15.5. The monoisotopic (exact) mass is 467 g/mol. The van der Waals surface area contributed by atoms with Gasteiger partial charge in [-0.05, 0) is 48.5 Å². The number of aromatic nitrogens is 1. The number of phenols is 1. The normalized spacial score (nSPS) is 13.0. The van der Waals surface area contributed by atoms with E-state index in [1.807, 2.05) is 60.7 Å². The first-order valence-electron chi connectivity index (χ1n) is 8.83. The number of hydrogen-bond donors (Lipinski definition) is 2. The van der Waals surface area contributed by atoms with Gasteiger partial charge in [0.05, 0.1) is 20.9 Å². The van der Waals surface area contributed by atoms with Crippen molar-refractivity contribution in [2.75, 3.05) is 11.6 Å². The van der Waals surface area contributed by atoms with Gasteiger partial charge in [0.2, 0.25) is 0 Å². The third kappa shape index (κ3) is 4.41. The maximum atomic E-state index is 13.1. The van der Waals surface area contributed by atoms with Crippen LogP contribution in [0.4, 0.5) is 17.1 Å². The van der Waals surface area contributed by atoms with Gasteiger partial charge in [0.15, 0.2) is 0 Å². The van der Waals surface area contributed by atoms with Crippen LogP contribution in [0.2, 0.25) is 0 Å². The van der Waals surface area contributed by atoms with E-state index in [2.05, 4.69) is 30.6 Å².